The van der Waals surface area contributed by atoms with Crippen LogP contribution in [0.25, 0.3) is 0 Å². The average molecular weight is 451 g/mol. The molecule has 2 N–H and O–H groups in total. The van der Waals surface area contributed by atoms with E-state index in [2.05, 4.69) is 26.6 Å². The Morgan fingerprint density at radius 2 is 1.78 bits per heavy atom. The number of esters is 1. The van der Waals surface area contributed by atoms with Crippen LogP contribution in [-0.4, -0.2) is 30.2 Å². The quantitative estimate of drug-likeness (QED) is 0.508. The van der Waals surface area contributed by atoms with E-state index in [0.717, 1.165) is 4.47 Å². The van der Waals surface area contributed by atoms with Crippen LogP contribution in [0, 0.1) is 0 Å². The van der Waals surface area contributed by atoms with Gasteiger partial charge in [0.2, 0.25) is 0 Å². The van der Waals surface area contributed by atoms with Gasteiger partial charge in [-0.1, -0.05) is 15.9 Å². The number of carbonyl (C=O) groups excluding carboxylic acids is 2. The lowest BCUT2D eigenvalue weighted by Crippen LogP contribution is -2.34. The first-order chi connectivity index (χ1) is 12.9. The molecule has 0 radical (unpaired) electrons. The van der Waals surface area contributed by atoms with E-state index in [1.807, 2.05) is 6.92 Å². The maximum atomic E-state index is 12.5. The van der Waals surface area contributed by atoms with E-state index in [1.54, 1.807) is 49.4 Å². The summed E-state index contributed by atoms with van der Waals surface area (Å²) in [6.07, 6.45) is 0. The van der Waals surface area contributed by atoms with Crippen LogP contribution in [0.2, 0.25) is 0 Å². The van der Waals surface area contributed by atoms with Crippen molar-refractivity contribution in [2.45, 2.75) is 13.8 Å². The van der Waals surface area contributed by atoms with Gasteiger partial charge in [0, 0.05) is 10.2 Å². The molecule has 0 aromatic heterocycles. The first kappa shape index (κ1) is 20.9. The summed E-state index contributed by atoms with van der Waals surface area (Å²) in [5.74, 6) is -0.307. The summed E-state index contributed by atoms with van der Waals surface area (Å²) in [7, 11) is 0. The van der Waals surface area contributed by atoms with Gasteiger partial charge < -0.3 is 14.8 Å². The number of ether oxygens (including phenoxy) is 2. The lowest BCUT2D eigenvalue weighted by Gasteiger charge is -2.13. The molecule has 2 aromatic carbocycles. The highest BCUT2D eigenvalue weighted by atomic mass is 79.9. The normalized spacial score (nSPS) is 10.0. The summed E-state index contributed by atoms with van der Waals surface area (Å²) >= 11 is 8.54. The van der Waals surface area contributed by atoms with Crippen LogP contribution in [0.1, 0.15) is 34.6 Å². The molecule has 0 saturated heterocycles. The van der Waals surface area contributed by atoms with Crippen molar-refractivity contribution in [1.29, 1.82) is 0 Å². The molecule has 1 amide bonds. The summed E-state index contributed by atoms with van der Waals surface area (Å²) in [5, 5.41) is 5.65. The Morgan fingerprint density at radius 1 is 1.07 bits per heavy atom. The Labute approximate surface area is 171 Å². The SMILES string of the molecule is CCOC(=O)c1ccc(NC(=S)NC(=O)c2cc(Br)ccc2OCC)cc1. The van der Waals surface area contributed by atoms with Gasteiger partial charge in [-0.25, -0.2) is 4.79 Å². The highest BCUT2D eigenvalue weighted by Crippen LogP contribution is 2.23. The fraction of sp³-hybridized carbons (Fsp3) is 0.211. The molecule has 6 nitrogen and oxygen atoms in total. The molecule has 2 aromatic rings. The van der Waals surface area contributed by atoms with E-state index in [-0.39, 0.29) is 11.0 Å². The Bertz CT molecular complexity index is 840. The van der Waals surface area contributed by atoms with Crippen LogP contribution in [0.3, 0.4) is 0 Å². The topological polar surface area (TPSA) is 76.7 Å². The third kappa shape index (κ3) is 6.04. The number of thiocarbonyl (C=S) groups is 1. The number of halogens is 1. The maximum Gasteiger partial charge on any atom is 0.338 e. The number of hydrogen-bond donors (Lipinski definition) is 2. The molecule has 0 fully saturated rings. The van der Waals surface area contributed by atoms with E-state index in [4.69, 9.17) is 21.7 Å². The predicted octanol–water partition coefficient (Wildman–Crippen LogP) is 4.15. The van der Waals surface area contributed by atoms with E-state index in [0.29, 0.717) is 35.8 Å². The molecule has 142 valence electrons. The van der Waals surface area contributed by atoms with Crippen molar-refractivity contribution in [3.8, 4) is 5.75 Å². The predicted molar refractivity (Wildman–Crippen MR) is 111 cm³/mol. The van der Waals surface area contributed by atoms with Crippen molar-refractivity contribution in [1.82, 2.24) is 5.32 Å². The molecule has 0 atom stereocenters. The van der Waals surface area contributed by atoms with Crippen LogP contribution in [-0.2, 0) is 4.74 Å². The Balaban J connectivity index is 2.02. The molecule has 27 heavy (non-hydrogen) atoms. The third-order valence-corrected chi connectivity index (χ3v) is 4.06. The second-order valence-corrected chi connectivity index (χ2v) is 6.60. The second kappa shape index (κ2) is 10.0. The third-order valence-electron chi connectivity index (χ3n) is 3.37. The van der Waals surface area contributed by atoms with Gasteiger partial charge in [0.15, 0.2) is 5.11 Å². The molecule has 2 rings (SSSR count). The zero-order chi connectivity index (χ0) is 19.8. The van der Waals surface area contributed by atoms with Gasteiger partial charge in [0.1, 0.15) is 5.75 Å². The number of benzene rings is 2. The summed E-state index contributed by atoms with van der Waals surface area (Å²) in [4.78, 5) is 24.2. The van der Waals surface area contributed by atoms with Gasteiger partial charge in [-0.3, -0.25) is 10.1 Å². The maximum absolute atomic E-state index is 12.5. The van der Waals surface area contributed by atoms with Gasteiger partial charge in [0.05, 0.1) is 24.3 Å². The Kier molecular flexibility index (Phi) is 7.75. The number of nitrogens with one attached hydrogen (secondary N) is 2. The molecule has 0 aliphatic rings. The smallest absolute Gasteiger partial charge is 0.338 e. The highest BCUT2D eigenvalue weighted by molar-refractivity contribution is 9.10. The minimum absolute atomic E-state index is 0.131. The van der Waals surface area contributed by atoms with Gasteiger partial charge in [-0.15, -0.1) is 0 Å². The molecule has 0 aliphatic carbocycles. The summed E-state index contributed by atoms with van der Waals surface area (Å²) in [5.41, 5.74) is 1.44. The van der Waals surface area contributed by atoms with Crippen LogP contribution in [0.5, 0.6) is 5.75 Å². The summed E-state index contributed by atoms with van der Waals surface area (Å²) in [6, 6.07) is 11.8. The Hall–Kier alpha value is -2.45. The monoisotopic (exact) mass is 450 g/mol. The van der Waals surface area contributed by atoms with Crippen LogP contribution in [0.4, 0.5) is 5.69 Å². The van der Waals surface area contributed by atoms with E-state index >= 15 is 0 Å². The Morgan fingerprint density at radius 3 is 2.41 bits per heavy atom. The number of rotatable bonds is 6. The van der Waals surface area contributed by atoms with Crippen molar-refractivity contribution in [2.75, 3.05) is 18.5 Å². The fourth-order valence-electron chi connectivity index (χ4n) is 2.20. The summed E-state index contributed by atoms with van der Waals surface area (Å²) < 4.78 is 11.2. The number of hydrogen-bond acceptors (Lipinski definition) is 5. The number of amides is 1. The fourth-order valence-corrected chi connectivity index (χ4v) is 2.77. The van der Waals surface area contributed by atoms with E-state index in [1.165, 1.54) is 0 Å². The lowest BCUT2D eigenvalue weighted by atomic mass is 10.2. The van der Waals surface area contributed by atoms with Crippen molar-refractivity contribution in [2.24, 2.45) is 0 Å². The van der Waals surface area contributed by atoms with Crippen molar-refractivity contribution in [3.05, 3.63) is 58.1 Å². The molecule has 0 spiro atoms. The van der Waals surface area contributed by atoms with Gasteiger partial charge in [-0.05, 0) is 68.5 Å². The van der Waals surface area contributed by atoms with Gasteiger partial charge in [-0.2, -0.15) is 0 Å². The molecule has 0 unspecified atom stereocenters. The number of carbonyl (C=O) groups is 2. The standard InChI is InChI=1S/C19H19BrN2O4S/c1-3-25-16-10-7-13(20)11-15(16)17(23)22-19(27)21-14-8-5-12(6-9-14)18(24)26-4-2/h5-11H,3-4H2,1-2H3,(H2,21,22,23,27). The molecule has 0 saturated carbocycles. The first-order valence-electron chi connectivity index (χ1n) is 8.26. The van der Waals surface area contributed by atoms with E-state index < -0.39 is 5.97 Å². The summed E-state index contributed by atoms with van der Waals surface area (Å²) in [6.45, 7) is 4.35. The van der Waals surface area contributed by atoms with Crippen LogP contribution < -0.4 is 15.4 Å². The van der Waals surface area contributed by atoms with Gasteiger partial charge >= 0.3 is 5.97 Å². The minimum atomic E-state index is -0.391. The second-order valence-electron chi connectivity index (χ2n) is 5.28. The van der Waals surface area contributed by atoms with Crippen LogP contribution in [0.15, 0.2) is 46.9 Å². The molecule has 0 aliphatic heterocycles. The molecular formula is C19H19BrN2O4S. The van der Waals surface area contributed by atoms with Crippen molar-refractivity contribution in [3.63, 3.8) is 0 Å². The largest absolute Gasteiger partial charge is 0.493 e. The van der Waals surface area contributed by atoms with Crippen LogP contribution >= 0.6 is 28.1 Å². The lowest BCUT2D eigenvalue weighted by molar-refractivity contribution is 0.0526. The van der Waals surface area contributed by atoms with Gasteiger partial charge in [0.25, 0.3) is 5.91 Å². The first-order valence-corrected chi connectivity index (χ1v) is 9.46. The highest BCUT2D eigenvalue weighted by Gasteiger charge is 2.15. The number of anilines is 1. The molecule has 0 heterocycles. The van der Waals surface area contributed by atoms with E-state index in [9.17, 15) is 9.59 Å². The molecule has 8 heteroatoms. The van der Waals surface area contributed by atoms with Crippen molar-refractivity contribution >= 4 is 50.8 Å². The van der Waals surface area contributed by atoms with Crippen molar-refractivity contribution < 1.29 is 19.1 Å². The zero-order valence-corrected chi connectivity index (χ0v) is 17.3. The minimum Gasteiger partial charge on any atom is -0.493 e. The average Bonchev–Trinajstić information content (AvgIpc) is 2.64. The molecule has 0 bridgehead atoms. The zero-order valence-electron chi connectivity index (χ0n) is 14.9. The molecular weight excluding hydrogens is 432 g/mol.